The van der Waals surface area contributed by atoms with Gasteiger partial charge in [0.05, 0.1) is 6.61 Å². The molecule has 12 N–H and O–H groups in total. The van der Waals surface area contributed by atoms with Crippen LogP contribution in [0.25, 0.3) is 0 Å². The number of carboxylic acids is 3. The lowest BCUT2D eigenvalue weighted by Crippen LogP contribution is -2.65. The van der Waals surface area contributed by atoms with Crippen LogP contribution in [0, 0.1) is 0 Å². The summed E-state index contributed by atoms with van der Waals surface area (Å²) in [5, 5.41) is 66.8. The third-order valence-electron chi connectivity index (χ3n) is 6.96. The molecule has 4 amide bonds. The number of aliphatic hydroxyl groups excluding tert-OH is 3. The monoisotopic (exact) mass is 665 g/mol. The van der Waals surface area contributed by atoms with Gasteiger partial charge < -0.3 is 67.1 Å². The summed E-state index contributed by atoms with van der Waals surface area (Å²) in [5.41, 5.74) is 5.37. The third kappa shape index (κ3) is 12.8. The predicted octanol–water partition coefficient (Wildman–Crippen LogP) is -4.66. The second kappa shape index (κ2) is 18.9. The molecule has 0 aromatic rings. The molecular weight excluding hydrogens is 622 g/mol. The van der Waals surface area contributed by atoms with Gasteiger partial charge >= 0.3 is 17.9 Å². The average molecular weight is 666 g/mol. The lowest BCUT2D eigenvalue weighted by molar-refractivity contribution is -0.266. The van der Waals surface area contributed by atoms with Crippen molar-refractivity contribution in [2.45, 2.75) is 114 Å². The molecule has 10 atom stereocenters. The van der Waals surface area contributed by atoms with E-state index in [2.05, 4.69) is 21.3 Å². The van der Waals surface area contributed by atoms with Crippen molar-refractivity contribution in [3.8, 4) is 0 Å². The molecule has 1 aliphatic rings. The van der Waals surface area contributed by atoms with E-state index in [1.165, 1.54) is 13.8 Å². The second-order valence-corrected chi connectivity index (χ2v) is 10.7. The van der Waals surface area contributed by atoms with Crippen LogP contribution in [0.1, 0.15) is 52.9 Å². The summed E-state index contributed by atoms with van der Waals surface area (Å²) in [6.45, 7) is 2.85. The van der Waals surface area contributed by atoms with Gasteiger partial charge in [-0.25, -0.2) is 9.59 Å². The number of carboxylic acid groups (broad SMARTS) is 3. The van der Waals surface area contributed by atoms with Gasteiger partial charge in [-0.15, -0.1) is 0 Å². The second-order valence-electron chi connectivity index (χ2n) is 10.7. The van der Waals surface area contributed by atoms with Crippen LogP contribution in [0.2, 0.25) is 0 Å². The summed E-state index contributed by atoms with van der Waals surface area (Å²) in [5.74, 6) is -7.53. The number of nitrogens with two attached hydrogens (primary N) is 1. The summed E-state index contributed by atoms with van der Waals surface area (Å²) in [4.78, 5) is 83.3. The Kier molecular flexibility index (Phi) is 16.5. The van der Waals surface area contributed by atoms with Gasteiger partial charge in [-0.05, 0) is 39.5 Å². The molecule has 0 aromatic heterocycles. The highest BCUT2D eigenvalue weighted by molar-refractivity contribution is 5.91. The fraction of sp³-hybridized carbons (Fsp3) is 0.731. The van der Waals surface area contributed by atoms with Crippen LogP contribution in [0.5, 0.6) is 0 Å². The number of hydrogen-bond acceptors (Lipinski definition) is 13. The Morgan fingerprint density at radius 2 is 1.43 bits per heavy atom. The molecule has 1 heterocycles. The molecule has 0 unspecified atom stereocenters. The maximum absolute atomic E-state index is 12.8. The van der Waals surface area contributed by atoms with Crippen LogP contribution >= 0.6 is 0 Å². The van der Waals surface area contributed by atoms with Gasteiger partial charge in [-0.2, -0.15) is 0 Å². The zero-order valence-electron chi connectivity index (χ0n) is 25.5. The van der Waals surface area contributed by atoms with E-state index in [9.17, 15) is 59.1 Å². The lowest BCUT2D eigenvalue weighted by atomic mass is 9.96. The van der Waals surface area contributed by atoms with Gasteiger partial charge in [-0.1, -0.05) is 0 Å². The Hall–Kier alpha value is -3.95. The fourth-order valence-electron chi connectivity index (χ4n) is 4.35. The van der Waals surface area contributed by atoms with Crippen LogP contribution in [0.3, 0.4) is 0 Å². The molecule has 0 spiro atoms. The molecule has 1 fully saturated rings. The van der Waals surface area contributed by atoms with Crippen LogP contribution < -0.4 is 27.0 Å². The van der Waals surface area contributed by atoms with Gasteiger partial charge in [0.1, 0.15) is 54.6 Å². The van der Waals surface area contributed by atoms with Crippen LogP contribution in [-0.2, 0) is 43.0 Å². The quantitative estimate of drug-likeness (QED) is 0.0617. The van der Waals surface area contributed by atoms with Crippen molar-refractivity contribution >= 4 is 41.5 Å². The Bertz CT molecular complexity index is 1110. The van der Waals surface area contributed by atoms with Gasteiger partial charge in [0.15, 0.2) is 6.29 Å². The van der Waals surface area contributed by atoms with Crippen molar-refractivity contribution in [1.82, 2.24) is 21.3 Å². The van der Waals surface area contributed by atoms with E-state index >= 15 is 0 Å². The Morgan fingerprint density at radius 1 is 0.848 bits per heavy atom. The van der Waals surface area contributed by atoms with Crippen molar-refractivity contribution < 1.29 is 73.7 Å². The first-order valence-corrected chi connectivity index (χ1v) is 14.3. The number of carbonyl (C=O) groups excluding carboxylic acids is 4. The summed E-state index contributed by atoms with van der Waals surface area (Å²) < 4.78 is 10.6. The maximum Gasteiger partial charge on any atom is 0.326 e. The third-order valence-corrected chi connectivity index (χ3v) is 6.96. The SMILES string of the molecule is CC(=O)N[C@@H]1[C@@H](O[C@H](C)C(=O)N[C@@H](C)C(=O)N[C@@H](CCC(=O)N[C@@H](CCC[C@H](N)C(=O)O)C(=O)O)C(=O)O)[C@H](O)[C@@H](CO)O[C@H]1O. The van der Waals surface area contributed by atoms with E-state index in [1.54, 1.807) is 0 Å². The molecule has 1 rings (SSSR count). The molecule has 46 heavy (non-hydrogen) atoms. The number of rotatable bonds is 19. The molecule has 0 aliphatic carbocycles. The summed E-state index contributed by atoms with van der Waals surface area (Å²) in [6, 6.07) is -6.88. The average Bonchev–Trinajstić information content (AvgIpc) is 2.96. The topological polar surface area (TPSA) is 333 Å². The highest BCUT2D eigenvalue weighted by atomic mass is 16.6. The molecule has 20 heteroatoms. The highest BCUT2D eigenvalue weighted by Gasteiger charge is 2.47. The maximum atomic E-state index is 12.8. The largest absolute Gasteiger partial charge is 0.480 e. The van der Waals surface area contributed by atoms with E-state index in [1.807, 2.05) is 0 Å². The molecule has 0 saturated carbocycles. The summed E-state index contributed by atoms with van der Waals surface area (Å²) in [7, 11) is 0. The highest BCUT2D eigenvalue weighted by Crippen LogP contribution is 2.23. The van der Waals surface area contributed by atoms with E-state index in [4.69, 9.17) is 20.3 Å². The van der Waals surface area contributed by atoms with Crippen LogP contribution in [0.4, 0.5) is 0 Å². The molecule has 0 radical (unpaired) electrons. The standard InChI is InChI=1S/C26H43N5O15/c1-10(28-22(37)11(2)45-20-18(29-12(3)33)26(44)46-16(9-32)19(20)35)21(36)31-15(25(42)43)7-8-17(34)30-14(24(40)41)6-4-5-13(27)23(38)39/h10-11,13-16,18-20,26,32,35,44H,4-9,27H2,1-3H3,(H,28,37)(H,29,33)(H,30,34)(H,31,36)(H,38,39)(H,40,41)(H,42,43)/t10-,11+,13-,14-,15-,16+,18+,19+,20+,26+/m0/s1. The van der Waals surface area contributed by atoms with Crippen molar-refractivity contribution in [3.05, 3.63) is 0 Å². The lowest BCUT2D eigenvalue weighted by Gasteiger charge is -2.43. The van der Waals surface area contributed by atoms with Gasteiger partial charge in [0, 0.05) is 13.3 Å². The molecule has 1 aliphatic heterocycles. The molecule has 20 nitrogen and oxygen atoms in total. The first kappa shape index (κ1) is 40.1. The number of amides is 4. The van der Waals surface area contributed by atoms with Gasteiger partial charge in [-0.3, -0.25) is 24.0 Å². The summed E-state index contributed by atoms with van der Waals surface area (Å²) in [6.07, 6.45) is -8.50. The molecule has 1 saturated heterocycles. The Balaban J connectivity index is 2.73. The zero-order chi connectivity index (χ0) is 35.3. The first-order valence-electron chi connectivity index (χ1n) is 14.3. The van der Waals surface area contributed by atoms with E-state index < -0.39 is 122 Å². The number of ether oxygens (including phenoxy) is 2. The number of aliphatic hydroxyl groups is 3. The van der Waals surface area contributed by atoms with Gasteiger partial charge in [0.2, 0.25) is 23.6 Å². The normalized spacial score (nSPS) is 24.3. The first-order chi connectivity index (χ1) is 21.4. The van der Waals surface area contributed by atoms with Crippen LogP contribution in [-0.4, -0.2) is 140 Å². The predicted molar refractivity (Wildman–Crippen MR) is 151 cm³/mol. The Labute approximate surface area is 263 Å². The van der Waals surface area contributed by atoms with Crippen molar-refractivity contribution in [3.63, 3.8) is 0 Å². The molecule has 262 valence electrons. The minimum atomic E-state index is -1.71. The summed E-state index contributed by atoms with van der Waals surface area (Å²) >= 11 is 0. The van der Waals surface area contributed by atoms with E-state index in [0.29, 0.717) is 0 Å². The Morgan fingerprint density at radius 3 is 1.96 bits per heavy atom. The van der Waals surface area contributed by atoms with Crippen molar-refractivity contribution in [2.75, 3.05) is 6.61 Å². The van der Waals surface area contributed by atoms with Crippen LogP contribution in [0.15, 0.2) is 0 Å². The molecule has 0 aromatic carbocycles. The number of carbonyl (C=O) groups is 7. The van der Waals surface area contributed by atoms with Crippen molar-refractivity contribution in [2.24, 2.45) is 5.73 Å². The molecular formula is C26H43N5O15. The van der Waals surface area contributed by atoms with Crippen molar-refractivity contribution in [1.29, 1.82) is 0 Å². The minimum Gasteiger partial charge on any atom is -0.480 e. The zero-order valence-corrected chi connectivity index (χ0v) is 25.5. The number of nitrogens with one attached hydrogen (secondary N) is 4. The van der Waals surface area contributed by atoms with Gasteiger partial charge in [0.25, 0.3) is 0 Å². The van der Waals surface area contributed by atoms with E-state index in [0.717, 1.165) is 6.92 Å². The smallest absolute Gasteiger partial charge is 0.326 e. The fourth-order valence-corrected chi connectivity index (χ4v) is 4.35. The molecule has 0 bridgehead atoms. The van der Waals surface area contributed by atoms with E-state index in [-0.39, 0.29) is 19.3 Å². The number of aliphatic carboxylic acids is 3. The minimum absolute atomic E-state index is 0.0376. The number of hydrogen-bond donors (Lipinski definition) is 11.